The minimum atomic E-state index is -0.638. The monoisotopic (exact) mass is 252 g/mol. The van der Waals surface area contributed by atoms with Crippen LogP contribution in [0, 0.1) is 11.8 Å². The molecule has 18 heavy (non-hydrogen) atoms. The van der Waals surface area contributed by atoms with Crippen LogP contribution in [0.15, 0.2) is 6.20 Å². The Morgan fingerprint density at radius 1 is 1.50 bits per heavy atom. The van der Waals surface area contributed by atoms with Crippen LogP contribution in [-0.4, -0.2) is 32.6 Å². The summed E-state index contributed by atoms with van der Waals surface area (Å²) in [4.78, 5) is 10.8. The minimum Gasteiger partial charge on any atom is -0.481 e. The minimum absolute atomic E-state index is 0.124. The molecule has 1 aliphatic rings. The molecule has 6 heteroatoms. The van der Waals surface area contributed by atoms with Gasteiger partial charge in [0.25, 0.3) is 0 Å². The Labute approximate surface area is 106 Å². The Bertz CT molecular complexity index is 397. The fraction of sp³-hybridized carbons (Fsp3) is 0.750. The van der Waals surface area contributed by atoms with Crippen molar-refractivity contribution in [3.05, 3.63) is 11.9 Å². The second-order valence-corrected chi connectivity index (χ2v) is 5.07. The summed E-state index contributed by atoms with van der Waals surface area (Å²) in [6.07, 6.45) is 5.53. The van der Waals surface area contributed by atoms with Gasteiger partial charge in [-0.05, 0) is 38.1 Å². The maximum Gasteiger partial charge on any atom is 0.306 e. The molecule has 1 fully saturated rings. The molecule has 0 aromatic carbocycles. The maximum absolute atomic E-state index is 10.8. The molecule has 0 atom stereocenters. The Morgan fingerprint density at radius 3 is 2.78 bits per heavy atom. The predicted molar refractivity (Wildman–Crippen MR) is 65.8 cm³/mol. The average Bonchev–Trinajstić information content (AvgIpc) is 2.76. The van der Waals surface area contributed by atoms with Gasteiger partial charge in [-0.3, -0.25) is 9.48 Å². The van der Waals surface area contributed by atoms with Crippen molar-refractivity contribution in [2.24, 2.45) is 18.9 Å². The lowest BCUT2D eigenvalue weighted by Gasteiger charge is -2.26. The van der Waals surface area contributed by atoms with E-state index >= 15 is 0 Å². The van der Waals surface area contributed by atoms with Crippen molar-refractivity contribution >= 4 is 5.97 Å². The zero-order valence-electron chi connectivity index (χ0n) is 10.7. The highest BCUT2D eigenvalue weighted by molar-refractivity contribution is 5.69. The molecule has 0 amide bonds. The summed E-state index contributed by atoms with van der Waals surface area (Å²) in [5.41, 5.74) is 0.941. The molecule has 1 aliphatic carbocycles. The summed E-state index contributed by atoms with van der Waals surface area (Å²) < 4.78 is 1.69. The lowest BCUT2D eigenvalue weighted by Crippen LogP contribution is -2.28. The van der Waals surface area contributed by atoms with E-state index in [9.17, 15) is 4.79 Å². The van der Waals surface area contributed by atoms with Crippen molar-refractivity contribution in [1.29, 1.82) is 0 Å². The fourth-order valence-corrected chi connectivity index (χ4v) is 2.49. The summed E-state index contributed by atoms with van der Waals surface area (Å²) in [5, 5.41) is 20.2. The number of carboxylic acids is 1. The number of hydrogen-bond donors (Lipinski definition) is 2. The van der Waals surface area contributed by atoms with Crippen LogP contribution in [0.4, 0.5) is 0 Å². The van der Waals surface area contributed by atoms with Gasteiger partial charge >= 0.3 is 5.97 Å². The molecule has 6 nitrogen and oxygen atoms in total. The summed E-state index contributed by atoms with van der Waals surface area (Å²) in [6, 6.07) is 0. The van der Waals surface area contributed by atoms with Crippen molar-refractivity contribution in [1.82, 2.24) is 20.3 Å². The molecular formula is C12H20N4O2. The second-order valence-electron chi connectivity index (χ2n) is 5.07. The summed E-state index contributed by atoms with van der Waals surface area (Å²) >= 11 is 0. The number of nitrogens with one attached hydrogen (secondary N) is 1. The average molecular weight is 252 g/mol. The molecule has 1 aromatic rings. The highest BCUT2D eigenvalue weighted by Gasteiger charge is 2.25. The number of nitrogens with zero attached hydrogens (tertiary/aromatic N) is 3. The van der Waals surface area contributed by atoms with Crippen LogP contribution in [0.2, 0.25) is 0 Å². The molecular weight excluding hydrogens is 232 g/mol. The van der Waals surface area contributed by atoms with Crippen molar-refractivity contribution in [3.63, 3.8) is 0 Å². The van der Waals surface area contributed by atoms with E-state index in [1.54, 1.807) is 4.68 Å². The third-order valence-corrected chi connectivity index (χ3v) is 3.59. The number of aliphatic carboxylic acids is 1. The standard InChI is InChI=1S/C12H20N4O2/c1-16-8-11(14-15-16)7-13-6-9-2-4-10(5-3-9)12(17)18/h8-10,13H,2-7H2,1H3,(H,17,18). The maximum atomic E-state index is 10.8. The molecule has 0 unspecified atom stereocenters. The summed E-state index contributed by atoms with van der Waals surface area (Å²) in [6.45, 7) is 1.66. The van der Waals surface area contributed by atoms with Gasteiger partial charge in [-0.1, -0.05) is 5.21 Å². The third kappa shape index (κ3) is 3.53. The molecule has 100 valence electrons. The highest BCUT2D eigenvalue weighted by Crippen LogP contribution is 2.28. The molecule has 0 saturated heterocycles. The van der Waals surface area contributed by atoms with Crippen LogP contribution in [-0.2, 0) is 18.4 Å². The molecule has 1 saturated carbocycles. The van der Waals surface area contributed by atoms with E-state index in [1.807, 2.05) is 13.2 Å². The van der Waals surface area contributed by atoms with E-state index in [-0.39, 0.29) is 5.92 Å². The largest absolute Gasteiger partial charge is 0.481 e. The van der Waals surface area contributed by atoms with Crippen LogP contribution in [0.25, 0.3) is 0 Å². The number of aromatic nitrogens is 3. The van der Waals surface area contributed by atoms with E-state index in [4.69, 9.17) is 5.11 Å². The molecule has 1 aromatic heterocycles. The van der Waals surface area contributed by atoms with Crippen LogP contribution in [0.5, 0.6) is 0 Å². The first-order valence-electron chi connectivity index (χ1n) is 6.44. The number of carbonyl (C=O) groups is 1. The number of aryl methyl sites for hydroxylation is 1. The van der Waals surface area contributed by atoms with Crippen LogP contribution >= 0.6 is 0 Å². The molecule has 2 N–H and O–H groups in total. The van der Waals surface area contributed by atoms with Gasteiger partial charge in [0.1, 0.15) is 0 Å². The zero-order chi connectivity index (χ0) is 13.0. The van der Waals surface area contributed by atoms with E-state index in [1.165, 1.54) is 0 Å². The number of hydrogen-bond acceptors (Lipinski definition) is 4. The van der Waals surface area contributed by atoms with E-state index in [0.717, 1.165) is 44.5 Å². The van der Waals surface area contributed by atoms with Gasteiger partial charge in [0.15, 0.2) is 0 Å². The Balaban J connectivity index is 1.65. The Hall–Kier alpha value is -1.43. The lowest BCUT2D eigenvalue weighted by atomic mass is 9.82. The molecule has 0 radical (unpaired) electrons. The van der Waals surface area contributed by atoms with Crippen LogP contribution < -0.4 is 5.32 Å². The Kier molecular flexibility index (Phi) is 4.30. The SMILES string of the molecule is Cn1cc(CNCC2CCC(C(=O)O)CC2)nn1. The van der Waals surface area contributed by atoms with Gasteiger partial charge in [0.05, 0.1) is 11.6 Å². The molecule has 0 spiro atoms. The summed E-state index contributed by atoms with van der Waals surface area (Å²) in [5.74, 6) is -0.167. The molecule has 0 bridgehead atoms. The van der Waals surface area contributed by atoms with Gasteiger partial charge < -0.3 is 10.4 Å². The van der Waals surface area contributed by atoms with Gasteiger partial charge in [0, 0.05) is 19.8 Å². The first-order valence-corrected chi connectivity index (χ1v) is 6.44. The Morgan fingerprint density at radius 2 is 2.22 bits per heavy atom. The highest BCUT2D eigenvalue weighted by atomic mass is 16.4. The van der Waals surface area contributed by atoms with Crippen LogP contribution in [0.3, 0.4) is 0 Å². The van der Waals surface area contributed by atoms with Crippen LogP contribution in [0.1, 0.15) is 31.4 Å². The first-order chi connectivity index (χ1) is 8.65. The van der Waals surface area contributed by atoms with Gasteiger partial charge in [-0.2, -0.15) is 0 Å². The number of carboxylic acid groups (broad SMARTS) is 1. The lowest BCUT2D eigenvalue weighted by molar-refractivity contribution is -0.143. The first kappa shape index (κ1) is 13.0. The van der Waals surface area contributed by atoms with Crippen molar-refractivity contribution < 1.29 is 9.90 Å². The molecule has 0 aliphatic heterocycles. The quantitative estimate of drug-likeness (QED) is 0.810. The summed E-state index contributed by atoms with van der Waals surface area (Å²) in [7, 11) is 1.85. The van der Waals surface area contributed by atoms with Gasteiger partial charge in [-0.15, -0.1) is 5.10 Å². The topological polar surface area (TPSA) is 80.0 Å². The molecule has 2 rings (SSSR count). The zero-order valence-corrected chi connectivity index (χ0v) is 10.7. The predicted octanol–water partition coefficient (Wildman–Crippen LogP) is 0.796. The van der Waals surface area contributed by atoms with Crippen molar-refractivity contribution in [2.45, 2.75) is 32.2 Å². The van der Waals surface area contributed by atoms with Gasteiger partial charge in [-0.25, -0.2) is 0 Å². The fourth-order valence-electron chi connectivity index (χ4n) is 2.49. The second kappa shape index (κ2) is 5.95. The third-order valence-electron chi connectivity index (χ3n) is 3.59. The van der Waals surface area contributed by atoms with Gasteiger partial charge in [0.2, 0.25) is 0 Å². The van der Waals surface area contributed by atoms with E-state index < -0.39 is 5.97 Å². The number of rotatable bonds is 5. The van der Waals surface area contributed by atoms with E-state index in [2.05, 4.69) is 15.6 Å². The normalized spacial score (nSPS) is 24.1. The van der Waals surface area contributed by atoms with Crippen molar-refractivity contribution in [2.75, 3.05) is 6.54 Å². The molecule has 1 heterocycles. The van der Waals surface area contributed by atoms with Crippen molar-refractivity contribution in [3.8, 4) is 0 Å². The smallest absolute Gasteiger partial charge is 0.306 e. The van der Waals surface area contributed by atoms with E-state index in [0.29, 0.717) is 5.92 Å².